The molecule has 0 saturated carbocycles. The van der Waals surface area contributed by atoms with E-state index in [1.807, 2.05) is 6.20 Å². The van der Waals surface area contributed by atoms with Crippen LogP contribution in [0.5, 0.6) is 0 Å². The molecule has 3 N–H and O–H groups in total. The summed E-state index contributed by atoms with van der Waals surface area (Å²) in [5, 5.41) is 19.3. The lowest BCUT2D eigenvalue weighted by Crippen LogP contribution is -2.22. The highest BCUT2D eigenvalue weighted by Gasteiger charge is 2.31. The summed E-state index contributed by atoms with van der Waals surface area (Å²) < 4.78 is 27.9. The van der Waals surface area contributed by atoms with Gasteiger partial charge in [0.2, 0.25) is 15.0 Å². The number of nitrogens with one attached hydrogen (secondary N) is 2. The number of thiazole rings is 1. The van der Waals surface area contributed by atoms with Gasteiger partial charge in [-0.15, -0.1) is 0 Å². The topological polar surface area (TPSA) is 143 Å². The molecule has 0 bridgehead atoms. The van der Waals surface area contributed by atoms with Crippen LogP contribution in [0.3, 0.4) is 0 Å². The summed E-state index contributed by atoms with van der Waals surface area (Å²) in [7, 11) is -3.94. The Labute approximate surface area is 210 Å². The van der Waals surface area contributed by atoms with Crippen LogP contribution in [0.15, 0.2) is 70.8 Å². The highest BCUT2D eigenvalue weighted by atomic mass is 32.2. The van der Waals surface area contributed by atoms with Gasteiger partial charge in [-0.2, -0.15) is 5.10 Å². The van der Waals surface area contributed by atoms with Crippen molar-refractivity contribution in [2.45, 2.75) is 29.2 Å². The molecular weight excluding hydrogens is 502 g/mol. The van der Waals surface area contributed by atoms with E-state index in [0.29, 0.717) is 11.6 Å². The molecule has 0 saturated heterocycles. The van der Waals surface area contributed by atoms with E-state index in [1.165, 1.54) is 41.7 Å². The van der Waals surface area contributed by atoms with Gasteiger partial charge in [0.05, 0.1) is 33.8 Å². The van der Waals surface area contributed by atoms with Crippen molar-refractivity contribution in [2.24, 2.45) is 0 Å². The third kappa shape index (κ3) is 4.53. The number of rotatable bonds is 7. The highest BCUT2D eigenvalue weighted by molar-refractivity contribution is 7.91. The summed E-state index contributed by atoms with van der Waals surface area (Å²) in [6, 6.07) is 10.1. The zero-order valence-electron chi connectivity index (χ0n) is 18.8. The number of nitrogens with zero attached hydrogens (tertiary/aromatic N) is 3. The van der Waals surface area contributed by atoms with Crippen molar-refractivity contribution < 1.29 is 23.1 Å². The fourth-order valence-electron chi connectivity index (χ4n) is 3.83. The summed E-state index contributed by atoms with van der Waals surface area (Å²) in [4.78, 5) is 30.4. The van der Waals surface area contributed by atoms with Crippen LogP contribution in [0.4, 0.5) is 5.69 Å². The molecule has 4 aromatic rings. The third-order valence-corrected chi connectivity index (χ3v) is 8.48. The Balaban J connectivity index is 1.30. The van der Waals surface area contributed by atoms with Crippen LogP contribution in [0.2, 0.25) is 0 Å². The zero-order chi connectivity index (χ0) is 25.3. The number of benzene rings is 2. The minimum absolute atomic E-state index is 0.0541. The van der Waals surface area contributed by atoms with Gasteiger partial charge in [-0.3, -0.25) is 9.59 Å². The van der Waals surface area contributed by atoms with Crippen LogP contribution >= 0.6 is 11.3 Å². The molecule has 0 radical (unpaired) electrons. The maximum absolute atomic E-state index is 13.1. The Kier molecular flexibility index (Phi) is 6.39. The lowest BCUT2D eigenvalue weighted by atomic mass is 10.1. The number of aromatic nitrogens is 3. The molecular formula is C24H21N5O5S2. The van der Waals surface area contributed by atoms with Gasteiger partial charge in [-0.05, 0) is 48.7 Å². The molecule has 0 aliphatic carbocycles. The zero-order valence-corrected chi connectivity index (χ0v) is 20.5. The minimum atomic E-state index is -3.94. The van der Waals surface area contributed by atoms with Crippen molar-refractivity contribution in [2.75, 3.05) is 11.9 Å². The molecule has 0 spiro atoms. The maximum Gasteiger partial charge on any atom is 0.257 e. The molecule has 0 fully saturated rings. The molecule has 5 rings (SSSR count). The second-order valence-electron chi connectivity index (χ2n) is 8.08. The Hall–Kier alpha value is -3.87. The van der Waals surface area contributed by atoms with Crippen LogP contribution in [0, 0.1) is 0 Å². The number of hydrogen-bond donors (Lipinski definition) is 3. The first-order valence-corrected chi connectivity index (χ1v) is 13.3. The van der Waals surface area contributed by atoms with E-state index in [-0.39, 0.29) is 39.8 Å². The standard InChI is InChI=1S/C24H21N5O5S2/c30-9-3-4-15-11-27-29(14-15)24-26-13-17(35-24)12-25-22(31)16-7-8-21-19(10-16)28-23(32)18-5-1-2-6-20(18)36(21,33)34/h1-2,5-8,10-11,13-14,30H,3-4,9,12H2,(H,25,31)(H,28,32). The number of sulfone groups is 1. The average molecular weight is 524 g/mol. The maximum atomic E-state index is 13.1. The molecule has 2 aromatic carbocycles. The molecule has 0 unspecified atom stereocenters. The fourth-order valence-corrected chi connectivity index (χ4v) is 6.21. The average Bonchev–Trinajstić information content (AvgIpc) is 3.54. The second-order valence-corrected chi connectivity index (χ2v) is 11.1. The van der Waals surface area contributed by atoms with Crippen LogP contribution in [-0.2, 0) is 22.8 Å². The molecule has 2 amide bonds. The van der Waals surface area contributed by atoms with Crippen LogP contribution in [0.25, 0.3) is 5.13 Å². The van der Waals surface area contributed by atoms with E-state index >= 15 is 0 Å². The van der Waals surface area contributed by atoms with E-state index in [4.69, 9.17) is 5.11 Å². The van der Waals surface area contributed by atoms with Crippen molar-refractivity contribution in [1.29, 1.82) is 0 Å². The fraction of sp³-hybridized carbons (Fsp3) is 0.167. The first-order valence-electron chi connectivity index (χ1n) is 11.0. The monoisotopic (exact) mass is 523 g/mol. The van der Waals surface area contributed by atoms with Crippen LogP contribution < -0.4 is 10.6 Å². The molecule has 12 heteroatoms. The Morgan fingerprint density at radius 3 is 2.81 bits per heavy atom. The summed E-state index contributed by atoms with van der Waals surface area (Å²) in [6.45, 7) is 0.328. The third-order valence-electron chi connectivity index (χ3n) is 5.62. The summed E-state index contributed by atoms with van der Waals surface area (Å²) >= 11 is 1.37. The van der Waals surface area contributed by atoms with Gasteiger partial charge < -0.3 is 15.7 Å². The number of anilines is 1. The largest absolute Gasteiger partial charge is 0.396 e. The number of aliphatic hydroxyl groups excluding tert-OH is 1. The van der Waals surface area contributed by atoms with Crippen LogP contribution in [0.1, 0.15) is 37.6 Å². The predicted molar refractivity (Wildman–Crippen MR) is 132 cm³/mol. The molecule has 1 aliphatic rings. The van der Waals surface area contributed by atoms with Gasteiger partial charge in [0.1, 0.15) is 0 Å². The van der Waals surface area contributed by atoms with Gasteiger partial charge in [0, 0.05) is 29.4 Å². The number of amides is 2. The number of carbonyl (C=O) groups excluding carboxylic acids is 2. The van der Waals surface area contributed by atoms with Crippen molar-refractivity contribution in [3.8, 4) is 5.13 Å². The molecule has 10 nitrogen and oxygen atoms in total. The van der Waals surface area contributed by atoms with E-state index < -0.39 is 21.7 Å². The number of aliphatic hydroxyl groups is 1. The SMILES string of the molecule is O=C(NCc1cnc(-n2cc(CCCO)cn2)s1)c1ccc2c(c1)NC(=O)c1ccccc1S2(=O)=O. The summed E-state index contributed by atoms with van der Waals surface area (Å²) in [5.74, 6) is -0.979. The van der Waals surface area contributed by atoms with Gasteiger partial charge in [0.15, 0.2) is 0 Å². The first kappa shape index (κ1) is 23.9. The molecule has 0 atom stereocenters. The van der Waals surface area contributed by atoms with E-state index in [0.717, 1.165) is 16.9 Å². The number of hydrogen-bond acceptors (Lipinski definition) is 8. The molecule has 184 valence electrons. The van der Waals surface area contributed by atoms with Crippen molar-refractivity contribution in [1.82, 2.24) is 20.1 Å². The predicted octanol–water partition coefficient (Wildman–Crippen LogP) is 2.58. The van der Waals surface area contributed by atoms with Gasteiger partial charge in [-0.25, -0.2) is 18.1 Å². The molecule has 36 heavy (non-hydrogen) atoms. The number of aryl methyl sites for hydroxylation is 1. The molecule has 1 aliphatic heterocycles. The lowest BCUT2D eigenvalue weighted by molar-refractivity contribution is 0.0949. The van der Waals surface area contributed by atoms with E-state index in [9.17, 15) is 18.0 Å². The normalized spacial score (nSPS) is 13.9. The Bertz CT molecular complexity index is 1570. The molecule has 2 aromatic heterocycles. The van der Waals surface area contributed by atoms with Crippen molar-refractivity contribution >= 4 is 38.7 Å². The summed E-state index contributed by atoms with van der Waals surface area (Å²) in [6.07, 6.45) is 6.61. The minimum Gasteiger partial charge on any atom is -0.396 e. The van der Waals surface area contributed by atoms with Gasteiger partial charge in [0.25, 0.3) is 11.8 Å². The highest BCUT2D eigenvalue weighted by Crippen LogP contribution is 2.34. The van der Waals surface area contributed by atoms with E-state index in [1.54, 1.807) is 29.2 Å². The second kappa shape index (κ2) is 9.64. The first-order chi connectivity index (χ1) is 17.4. The van der Waals surface area contributed by atoms with Crippen LogP contribution in [-0.4, -0.2) is 46.7 Å². The van der Waals surface area contributed by atoms with E-state index in [2.05, 4.69) is 20.7 Å². The van der Waals surface area contributed by atoms with Crippen molar-refractivity contribution in [3.63, 3.8) is 0 Å². The number of carbonyl (C=O) groups is 2. The number of fused-ring (bicyclic) bond motifs is 2. The van der Waals surface area contributed by atoms with Gasteiger partial charge >= 0.3 is 0 Å². The Morgan fingerprint density at radius 2 is 1.97 bits per heavy atom. The van der Waals surface area contributed by atoms with Crippen molar-refractivity contribution in [3.05, 3.63) is 82.6 Å². The molecule has 3 heterocycles. The Morgan fingerprint density at radius 1 is 1.14 bits per heavy atom. The lowest BCUT2D eigenvalue weighted by Gasteiger charge is -2.10. The summed E-state index contributed by atoms with van der Waals surface area (Å²) in [5.41, 5.74) is 1.31. The van der Waals surface area contributed by atoms with Gasteiger partial charge in [-0.1, -0.05) is 23.5 Å². The quantitative estimate of drug-likeness (QED) is 0.338. The smallest absolute Gasteiger partial charge is 0.257 e.